The molecule has 2 rings (SSSR count). The zero-order chi connectivity index (χ0) is 13.8. The molecular formula is C15H16ClFN2. The Labute approximate surface area is 117 Å². The lowest BCUT2D eigenvalue weighted by molar-refractivity contribution is 0.622. The first kappa shape index (κ1) is 13.8. The van der Waals surface area contributed by atoms with Gasteiger partial charge < -0.3 is 11.1 Å². The van der Waals surface area contributed by atoms with Gasteiger partial charge in [-0.3, -0.25) is 0 Å². The van der Waals surface area contributed by atoms with Crippen LogP contribution in [0.15, 0.2) is 42.5 Å². The predicted octanol–water partition coefficient (Wildman–Crippen LogP) is 3.90. The molecule has 0 radical (unpaired) electrons. The predicted molar refractivity (Wildman–Crippen MR) is 78.0 cm³/mol. The summed E-state index contributed by atoms with van der Waals surface area (Å²) in [6.45, 7) is 2.36. The molecule has 1 unspecified atom stereocenters. The summed E-state index contributed by atoms with van der Waals surface area (Å²) in [6.07, 6.45) is 0. The molecule has 4 heteroatoms. The van der Waals surface area contributed by atoms with E-state index in [0.29, 0.717) is 11.6 Å². The fourth-order valence-corrected chi connectivity index (χ4v) is 2.21. The van der Waals surface area contributed by atoms with Crippen molar-refractivity contribution >= 4 is 17.3 Å². The Hall–Kier alpha value is -1.58. The SMILES string of the molecule is Cc1ccccc1NC(CN)c1cc(F)cc(Cl)c1. The van der Waals surface area contributed by atoms with Crippen molar-refractivity contribution in [1.29, 1.82) is 0 Å². The third kappa shape index (κ3) is 3.46. The minimum atomic E-state index is -0.354. The first-order valence-electron chi connectivity index (χ1n) is 6.08. The summed E-state index contributed by atoms with van der Waals surface area (Å²) in [5.74, 6) is -0.354. The van der Waals surface area contributed by atoms with Crippen LogP contribution >= 0.6 is 11.6 Å². The molecular weight excluding hydrogens is 263 g/mol. The van der Waals surface area contributed by atoms with Gasteiger partial charge in [0.25, 0.3) is 0 Å². The van der Waals surface area contributed by atoms with Crippen LogP contribution in [0.1, 0.15) is 17.2 Å². The highest BCUT2D eigenvalue weighted by molar-refractivity contribution is 6.30. The lowest BCUT2D eigenvalue weighted by atomic mass is 10.1. The second-order valence-electron chi connectivity index (χ2n) is 4.45. The van der Waals surface area contributed by atoms with E-state index in [1.54, 1.807) is 6.07 Å². The topological polar surface area (TPSA) is 38.0 Å². The third-order valence-electron chi connectivity index (χ3n) is 3.00. The molecule has 0 saturated heterocycles. The Bertz CT molecular complexity index is 552. The first-order chi connectivity index (χ1) is 9.10. The standard InChI is InChI=1S/C15H16ClFN2/c1-10-4-2-3-5-14(10)19-15(9-18)11-6-12(16)8-13(17)7-11/h2-8,15,19H,9,18H2,1H3. The van der Waals surface area contributed by atoms with E-state index in [1.165, 1.54) is 12.1 Å². The van der Waals surface area contributed by atoms with Crippen molar-refractivity contribution in [2.24, 2.45) is 5.73 Å². The second kappa shape index (κ2) is 6.04. The van der Waals surface area contributed by atoms with Gasteiger partial charge in [-0.05, 0) is 42.3 Å². The molecule has 1 atom stereocenters. The van der Waals surface area contributed by atoms with Gasteiger partial charge in [0.2, 0.25) is 0 Å². The van der Waals surface area contributed by atoms with Crippen LogP contribution in [0, 0.1) is 12.7 Å². The van der Waals surface area contributed by atoms with E-state index in [-0.39, 0.29) is 11.9 Å². The number of para-hydroxylation sites is 1. The summed E-state index contributed by atoms with van der Waals surface area (Å²) in [7, 11) is 0. The number of halogens is 2. The summed E-state index contributed by atoms with van der Waals surface area (Å²) in [6, 6.07) is 12.2. The highest BCUT2D eigenvalue weighted by Gasteiger charge is 2.12. The van der Waals surface area contributed by atoms with Crippen LogP contribution in [0.5, 0.6) is 0 Å². The van der Waals surface area contributed by atoms with Gasteiger partial charge in [0.05, 0.1) is 6.04 Å². The number of hydrogen-bond acceptors (Lipinski definition) is 2. The molecule has 2 aromatic rings. The average Bonchev–Trinajstić information content (AvgIpc) is 2.36. The molecule has 100 valence electrons. The number of benzene rings is 2. The van der Waals surface area contributed by atoms with E-state index in [4.69, 9.17) is 17.3 Å². The lowest BCUT2D eigenvalue weighted by Crippen LogP contribution is -2.21. The molecule has 0 aromatic heterocycles. The number of anilines is 1. The second-order valence-corrected chi connectivity index (χ2v) is 4.89. The Morgan fingerprint density at radius 1 is 1.26 bits per heavy atom. The molecule has 19 heavy (non-hydrogen) atoms. The summed E-state index contributed by atoms with van der Waals surface area (Å²) in [5, 5.41) is 3.69. The average molecular weight is 279 g/mol. The molecule has 2 nitrogen and oxygen atoms in total. The molecule has 0 fully saturated rings. The van der Waals surface area contributed by atoms with Crippen molar-refractivity contribution in [3.8, 4) is 0 Å². The molecule has 0 aliphatic heterocycles. The summed E-state index contributed by atoms with van der Waals surface area (Å²) in [5.41, 5.74) is 8.62. The smallest absolute Gasteiger partial charge is 0.125 e. The molecule has 2 aromatic carbocycles. The first-order valence-corrected chi connectivity index (χ1v) is 6.46. The lowest BCUT2D eigenvalue weighted by Gasteiger charge is -2.20. The Morgan fingerprint density at radius 3 is 2.63 bits per heavy atom. The Balaban J connectivity index is 2.28. The number of aryl methyl sites for hydroxylation is 1. The van der Waals surface area contributed by atoms with Crippen molar-refractivity contribution in [1.82, 2.24) is 0 Å². The minimum absolute atomic E-state index is 0.172. The zero-order valence-corrected chi connectivity index (χ0v) is 11.4. The number of hydrogen-bond donors (Lipinski definition) is 2. The van der Waals surface area contributed by atoms with E-state index in [9.17, 15) is 4.39 Å². The highest BCUT2D eigenvalue weighted by Crippen LogP contribution is 2.24. The number of nitrogens with one attached hydrogen (secondary N) is 1. The van der Waals surface area contributed by atoms with Gasteiger partial charge in [0.1, 0.15) is 5.82 Å². The molecule has 0 spiro atoms. The Morgan fingerprint density at radius 2 is 2.00 bits per heavy atom. The van der Waals surface area contributed by atoms with E-state index in [1.807, 2.05) is 31.2 Å². The van der Waals surface area contributed by atoms with Crippen LogP contribution in [0.4, 0.5) is 10.1 Å². The van der Waals surface area contributed by atoms with E-state index in [0.717, 1.165) is 16.8 Å². The molecule has 0 heterocycles. The van der Waals surface area contributed by atoms with Crippen molar-refractivity contribution < 1.29 is 4.39 Å². The van der Waals surface area contributed by atoms with Gasteiger partial charge in [0.15, 0.2) is 0 Å². The normalized spacial score (nSPS) is 12.2. The van der Waals surface area contributed by atoms with Gasteiger partial charge in [-0.25, -0.2) is 4.39 Å². The van der Waals surface area contributed by atoms with Crippen molar-refractivity contribution in [3.05, 3.63) is 64.4 Å². The zero-order valence-electron chi connectivity index (χ0n) is 10.7. The highest BCUT2D eigenvalue weighted by atomic mass is 35.5. The molecule has 0 bridgehead atoms. The number of nitrogens with two attached hydrogens (primary N) is 1. The fraction of sp³-hybridized carbons (Fsp3) is 0.200. The van der Waals surface area contributed by atoms with Crippen LogP contribution in [-0.4, -0.2) is 6.54 Å². The Kier molecular flexibility index (Phi) is 4.40. The maximum Gasteiger partial charge on any atom is 0.125 e. The number of rotatable bonds is 4. The van der Waals surface area contributed by atoms with Crippen LogP contribution in [0.2, 0.25) is 5.02 Å². The van der Waals surface area contributed by atoms with Gasteiger partial charge >= 0.3 is 0 Å². The molecule has 0 aliphatic rings. The van der Waals surface area contributed by atoms with Gasteiger partial charge in [-0.15, -0.1) is 0 Å². The quantitative estimate of drug-likeness (QED) is 0.890. The van der Waals surface area contributed by atoms with Gasteiger partial charge in [-0.1, -0.05) is 29.8 Å². The minimum Gasteiger partial charge on any atom is -0.377 e. The van der Waals surface area contributed by atoms with Crippen LogP contribution in [0.3, 0.4) is 0 Å². The van der Waals surface area contributed by atoms with Crippen molar-refractivity contribution in [3.63, 3.8) is 0 Å². The summed E-state index contributed by atoms with van der Waals surface area (Å²) < 4.78 is 13.4. The maximum absolute atomic E-state index is 13.4. The summed E-state index contributed by atoms with van der Waals surface area (Å²) >= 11 is 5.88. The van der Waals surface area contributed by atoms with E-state index in [2.05, 4.69) is 5.32 Å². The van der Waals surface area contributed by atoms with Crippen LogP contribution in [0.25, 0.3) is 0 Å². The van der Waals surface area contributed by atoms with E-state index >= 15 is 0 Å². The van der Waals surface area contributed by atoms with Crippen LogP contribution in [-0.2, 0) is 0 Å². The fourth-order valence-electron chi connectivity index (χ4n) is 1.98. The van der Waals surface area contributed by atoms with Crippen LogP contribution < -0.4 is 11.1 Å². The van der Waals surface area contributed by atoms with Crippen molar-refractivity contribution in [2.75, 3.05) is 11.9 Å². The largest absolute Gasteiger partial charge is 0.377 e. The molecule has 0 aliphatic carbocycles. The molecule has 0 amide bonds. The van der Waals surface area contributed by atoms with Gasteiger partial charge in [0, 0.05) is 17.3 Å². The third-order valence-corrected chi connectivity index (χ3v) is 3.22. The maximum atomic E-state index is 13.4. The molecule has 0 saturated carbocycles. The monoisotopic (exact) mass is 278 g/mol. The van der Waals surface area contributed by atoms with Crippen molar-refractivity contribution in [2.45, 2.75) is 13.0 Å². The van der Waals surface area contributed by atoms with E-state index < -0.39 is 0 Å². The summed E-state index contributed by atoms with van der Waals surface area (Å²) in [4.78, 5) is 0. The van der Waals surface area contributed by atoms with Gasteiger partial charge in [-0.2, -0.15) is 0 Å². The molecule has 3 N–H and O–H groups in total.